The van der Waals surface area contributed by atoms with Crippen LogP contribution in [0.4, 0.5) is 5.69 Å². The average molecular weight is 322 g/mol. The minimum atomic E-state index is -0.0821. The zero-order valence-corrected chi connectivity index (χ0v) is 13.6. The van der Waals surface area contributed by atoms with E-state index in [1.54, 1.807) is 12.3 Å². The van der Waals surface area contributed by atoms with Crippen molar-refractivity contribution < 1.29 is 9.21 Å². The van der Waals surface area contributed by atoms with E-state index in [2.05, 4.69) is 20.5 Å². The highest BCUT2D eigenvalue weighted by molar-refractivity contribution is 5.91. The lowest BCUT2D eigenvalue weighted by Crippen LogP contribution is -2.13. The van der Waals surface area contributed by atoms with Crippen LogP contribution in [0.3, 0.4) is 0 Å². The molecular weight excluding hydrogens is 304 g/mol. The van der Waals surface area contributed by atoms with Crippen molar-refractivity contribution in [3.63, 3.8) is 0 Å². The first-order valence-electron chi connectivity index (χ1n) is 7.73. The molecule has 0 saturated heterocycles. The molecule has 0 unspecified atom stereocenters. The molecule has 3 rings (SSSR count). The van der Waals surface area contributed by atoms with Gasteiger partial charge in [-0.1, -0.05) is 18.2 Å². The van der Waals surface area contributed by atoms with Crippen molar-refractivity contribution in [2.75, 3.05) is 5.32 Å². The maximum Gasteiger partial charge on any atom is 0.266 e. The fourth-order valence-corrected chi connectivity index (χ4v) is 2.25. The molecule has 0 saturated carbocycles. The van der Waals surface area contributed by atoms with Crippen LogP contribution >= 0.6 is 0 Å². The molecule has 6 heteroatoms. The van der Waals surface area contributed by atoms with Gasteiger partial charge in [0.05, 0.1) is 0 Å². The maximum atomic E-state index is 12.1. The van der Waals surface area contributed by atoms with Crippen molar-refractivity contribution in [1.82, 2.24) is 15.2 Å². The topological polar surface area (TPSA) is 80.9 Å². The van der Waals surface area contributed by atoms with Gasteiger partial charge in [0.2, 0.25) is 11.8 Å². The van der Waals surface area contributed by atoms with E-state index in [1.807, 2.05) is 44.2 Å². The summed E-state index contributed by atoms with van der Waals surface area (Å²) in [5.74, 6) is 0.702. The van der Waals surface area contributed by atoms with Crippen LogP contribution in [0.1, 0.15) is 23.4 Å². The number of anilines is 1. The summed E-state index contributed by atoms with van der Waals surface area (Å²) in [7, 11) is 0. The first-order valence-corrected chi connectivity index (χ1v) is 7.73. The third-order valence-corrected chi connectivity index (χ3v) is 3.58. The predicted molar refractivity (Wildman–Crippen MR) is 90.4 cm³/mol. The quantitative estimate of drug-likeness (QED) is 0.779. The van der Waals surface area contributed by atoms with Crippen LogP contribution in [0.15, 0.2) is 47.0 Å². The summed E-state index contributed by atoms with van der Waals surface area (Å²) in [6.45, 7) is 3.96. The summed E-state index contributed by atoms with van der Waals surface area (Å²) < 4.78 is 5.55. The highest BCUT2D eigenvalue weighted by Gasteiger charge is 2.12. The number of carbonyl (C=O) groups is 1. The largest absolute Gasteiger partial charge is 0.419 e. The summed E-state index contributed by atoms with van der Waals surface area (Å²) in [6.07, 6.45) is 2.32. The van der Waals surface area contributed by atoms with E-state index in [0.717, 1.165) is 16.8 Å². The van der Waals surface area contributed by atoms with Crippen LogP contribution in [-0.2, 0) is 11.2 Å². The Balaban J connectivity index is 1.59. The highest BCUT2D eigenvalue weighted by atomic mass is 16.4. The van der Waals surface area contributed by atoms with Gasteiger partial charge in [0, 0.05) is 24.7 Å². The molecule has 0 radical (unpaired) electrons. The number of rotatable bonds is 5. The van der Waals surface area contributed by atoms with E-state index in [4.69, 9.17) is 4.42 Å². The first-order chi connectivity index (χ1) is 11.6. The SMILES string of the molecule is Cc1ccc(C)c(NC(=O)CCc2nnc(-c3ccccn3)o2)c1. The number of carbonyl (C=O) groups excluding carboxylic acids is 1. The molecule has 2 heterocycles. The van der Waals surface area contributed by atoms with Gasteiger partial charge >= 0.3 is 0 Å². The van der Waals surface area contributed by atoms with E-state index >= 15 is 0 Å². The third-order valence-electron chi connectivity index (χ3n) is 3.58. The van der Waals surface area contributed by atoms with Crippen LogP contribution in [0, 0.1) is 13.8 Å². The van der Waals surface area contributed by atoms with Gasteiger partial charge in [0.1, 0.15) is 5.69 Å². The molecule has 1 amide bonds. The smallest absolute Gasteiger partial charge is 0.266 e. The Morgan fingerprint density at radius 3 is 2.83 bits per heavy atom. The predicted octanol–water partition coefficient (Wildman–Crippen LogP) is 3.32. The van der Waals surface area contributed by atoms with Crippen LogP contribution < -0.4 is 5.32 Å². The van der Waals surface area contributed by atoms with E-state index in [1.165, 1.54) is 0 Å². The summed E-state index contributed by atoms with van der Waals surface area (Å²) in [5, 5.41) is 10.8. The van der Waals surface area contributed by atoms with Crippen LogP contribution in [0.5, 0.6) is 0 Å². The fraction of sp³-hybridized carbons (Fsp3) is 0.222. The number of aromatic nitrogens is 3. The maximum absolute atomic E-state index is 12.1. The normalized spacial score (nSPS) is 10.6. The third kappa shape index (κ3) is 3.84. The summed E-state index contributed by atoms with van der Waals surface area (Å²) in [5.41, 5.74) is 3.59. The molecule has 1 N–H and O–H groups in total. The van der Waals surface area contributed by atoms with E-state index in [9.17, 15) is 4.79 Å². The Kier molecular flexibility index (Phi) is 4.65. The first kappa shape index (κ1) is 15.9. The molecule has 0 atom stereocenters. The standard InChI is InChI=1S/C18H18N4O2/c1-12-6-7-13(2)15(11-12)20-16(23)8-9-17-21-22-18(24-17)14-5-3-4-10-19-14/h3-7,10-11H,8-9H2,1-2H3,(H,20,23). The van der Waals surface area contributed by atoms with Gasteiger partial charge in [-0.05, 0) is 43.2 Å². The molecule has 122 valence electrons. The summed E-state index contributed by atoms with van der Waals surface area (Å²) >= 11 is 0. The number of pyridine rings is 1. The van der Waals surface area contributed by atoms with Crippen LogP contribution in [-0.4, -0.2) is 21.1 Å². The van der Waals surface area contributed by atoms with Crippen molar-refractivity contribution in [1.29, 1.82) is 0 Å². The molecule has 0 spiro atoms. The number of amides is 1. The molecular formula is C18H18N4O2. The average Bonchev–Trinajstić information content (AvgIpc) is 3.06. The van der Waals surface area contributed by atoms with Gasteiger partial charge < -0.3 is 9.73 Å². The highest BCUT2D eigenvalue weighted by Crippen LogP contribution is 2.18. The second kappa shape index (κ2) is 7.04. The minimum absolute atomic E-state index is 0.0821. The lowest BCUT2D eigenvalue weighted by atomic mass is 10.1. The molecule has 0 aliphatic heterocycles. The molecule has 0 bridgehead atoms. The van der Waals surface area contributed by atoms with E-state index in [0.29, 0.717) is 23.9 Å². The molecule has 24 heavy (non-hydrogen) atoms. The number of aryl methyl sites for hydroxylation is 3. The fourth-order valence-electron chi connectivity index (χ4n) is 2.25. The van der Waals surface area contributed by atoms with Crippen LogP contribution in [0.25, 0.3) is 11.6 Å². The summed E-state index contributed by atoms with van der Waals surface area (Å²) in [4.78, 5) is 16.3. The Labute approximate surface area is 140 Å². The molecule has 3 aromatic rings. The van der Waals surface area contributed by atoms with Gasteiger partial charge in [-0.15, -0.1) is 10.2 Å². The molecule has 1 aromatic carbocycles. The monoisotopic (exact) mass is 322 g/mol. The Morgan fingerprint density at radius 2 is 2.04 bits per heavy atom. The number of nitrogens with one attached hydrogen (secondary N) is 1. The van der Waals surface area contributed by atoms with Crippen molar-refractivity contribution in [3.8, 4) is 11.6 Å². The second-order valence-corrected chi connectivity index (χ2v) is 5.58. The minimum Gasteiger partial charge on any atom is -0.419 e. The molecule has 0 aliphatic carbocycles. The molecule has 6 nitrogen and oxygen atoms in total. The van der Waals surface area contributed by atoms with Gasteiger partial charge in [0.25, 0.3) is 5.89 Å². The van der Waals surface area contributed by atoms with Crippen molar-refractivity contribution in [2.24, 2.45) is 0 Å². The van der Waals surface area contributed by atoms with Crippen molar-refractivity contribution in [3.05, 3.63) is 59.6 Å². The number of hydrogen-bond acceptors (Lipinski definition) is 5. The lowest BCUT2D eigenvalue weighted by molar-refractivity contribution is -0.116. The van der Waals surface area contributed by atoms with E-state index < -0.39 is 0 Å². The Bertz CT molecular complexity index is 843. The van der Waals surface area contributed by atoms with E-state index in [-0.39, 0.29) is 12.3 Å². The van der Waals surface area contributed by atoms with Crippen LogP contribution in [0.2, 0.25) is 0 Å². The molecule has 2 aromatic heterocycles. The van der Waals surface area contributed by atoms with Crippen molar-refractivity contribution in [2.45, 2.75) is 26.7 Å². The van der Waals surface area contributed by atoms with Gasteiger partial charge in [-0.3, -0.25) is 9.78 Å². The second-order valence-electron chi connectivity index (χ2n) is 5.58. The zero-order valence-electron chi connectivity index (χ0n) is 13.6. The molecule has 0 fully saturated rings. The number of benzene rings is 1. The number of nitrogens with zero attached hydrogens (tertiary/aromatic N) is 3. The van der Waals surface area contributed by atoms with Gasteiger partial charge in [-0.2, -0.15) is 0 Å². The summed E-state index contributed by atoms with van der Waals surface area (Å²) in [6, 6.07) is 11.4. The van der Waals surface area contributed by atoms with Gasteiger partial charge in [0.15, 0.2) is 0 Å². The van der Waals surface area contributed by atoms with Gasteiger partial charge in [-0.25, -0.2) is 0 Å². The zero-order chi connectivity index (χ0) is 16.9. The Hall–Kier alpha value is -3.02. The number of hydrogen-bond donors (Lipinski definition) is 1. The van der Waals surface area contributed by atoms with Crippen molar-refractivity contribution >= 4 is 11.6 Å². The Morgan fingerprint density at radius 1 is 1.17 bits per heavy atom. The molecule has 0 aliphatic rings. The lowest BCUT2D eigenvalue weighted by Gasteiger charge is -2.08.